The summed E-state index contributed by atoms with van der Waals surface area (Å²) in [5.74, 6) is -0.647. The number of hydrogen-bond donors (Lipinski definition) is 1. The van der Waals surface area contributed by atoms with Crippen molar-refractivity contribution in [3.63, 3.8) is 0 Å². The maximum Gasteiger partial charge on any atom is 0.303 e. The maximum absolute atomic E-state index is 13.3. The molecule has 0 radical (unpaired) electrons. The van der Waals surface area contributed by atoms with Gasteiger partial charge in [-0.05, 0) is 37.3 Å². The van der Waals surface area contributed by atoms with Crippen molar-refractivity contribution in [3.8, 4) is 0 Å². The molecule has 3 heterocycles. The molecule has 0 bridgehead atoms. The molecule has 1 aromatic rings. The molecule has 3 aliphatic rings. The molecule has 2 saturated heterocycles. The van der Waals surface area contributed by atoms with E-state index in [9.17, 15) is 14.4 Å². The molecule has 132 valence electrons. The van der Waals surface area contributed by atoms with E-state index in [0.717, 1.165) is 10.6 Å². The lowest BCUT2D eigenvalue weighted by molar-refractivity contribution is -0.139. The zero-order valence-corrected chi connectivity index (χ0v) is 14.6. The molecule has 2 fully saturated rings. The number of thioether (sulfide) groups is 1. The zero-order chi connectivity index (χ0) is 17.6. The quantitative estimate of drug-likeness (QED) is 0.895. The molecule has 2 amide bonds. The van der Waals surface area contributed by atoms with Gasteiger partial charge in [0.1, 0.15) is 0 Å². The van der Waals surface area contributed by atoms with Gasteiger partial charge in [-0.25, -0.2) is 0 Å². The van der Waals surface area contributed by atoms with E-state index in [-0.39, 0.29) is 24.2 Å². The van der Waals surface area contributed by atoms with Crippen molar-refractivity contribution in [3.05, 3.63) is 24.3 Å². The molecule has 1 unspecified atom stereocenters. The molecule has 0 saturated carbocycles. The number of piperidine rings is 1. The van der Waals surface area contributed by atoms with Crippen LogP contribution in [0.2, 0.25) is 0 Å². The number of carboxylic acids is 1. The smallest absolute Gasteiger partial charge is 0.303 e. The van der Waals surface area contributed by atoms with Gasteiger partial charge in [0.05, 0.1) is 5.69 Å². The van der Waals surface area contributed by atoms with Crippen molar-refractivity contribution < 1.29 is 19.5 Å². The van der Waals surface area contributed by atoms with Crippen molar-refractivity contribution >= 4 is 35.2 Å². The number of aliphatic carboxylic acids is 1. The number of carboxylic acid groups (broad SMARTS) is 1. The summed E-state index contributed by atoms with van der Waals surface area (Å²) in [6.07, 6.45) is 2.50. The minimum Gasteiger partial charge on any atom is -0.481 e. The highest BCUT2D eigenvalue weighted by Gasteiger charge is 2.58. The Kier molecular flexibility index (Phi) is 3.98. The summed E-state index contributed by atoms with van der Waals surface area (Å²) in [5.41, 5.74) is 0.837. The van der Waals surface area contributed by atoms with Crippen molar-refractivity contribution in [2.24, 2.45) is 5.92 Å². The molecule has 1 atom stereocenters. The lowest BCUT2D eigenvalue weighted by atomic mass is 9.93. The van der Waals surface area contributed by atoms with Crippen LogP contribution in [0.4, 0.5) is 5.69 Å². The van der Waals surface area contributed by atoms with Crippen LogP contribution in [0.25, 0.3) is 0 Å². The summed E-state index contributed by atoms with van der Waals surface area (Å²) in [5, 5.41) is 8.94. The monoisotopic (exact) mass is 360 g/mol. The number of anilines is 1. The van der Waals surface area contributed by atoms with E-state index in [1.165, 1.54) is 11.8 Å². The van der Waals surface area contributed by atoms with Gasteiger partial charge in [0.2, 0.25) is 5.91 Å². The highest BCUT2D eigenvalue weighted by atomic mass is 32.2. The van der Waals surface area contributed by atoms with Crippen LogP contribution in [0, 0.1) is 5.92 Å². The standard InChI is InChI=1S/C18H20N2O4S/c21-15-5-8-18(20(15)13-3-1-2-4-14(13)25-18)17(24)19-9-6-12(7-10-19)11-16(22)23/h1-4,12H,5-11H2,(H,22,23). The average molecular weight is 360 g/mol. The summed E-state index contributed by atoms with van der Waals surface area (Å²) < 4.78 is 0. The van der Waals surface area contributed by atoms with E-state index in [4.69, 9.17) is 5.11 Å². The van der Waals surface area contributed by atoms with Gasteiger partial charge in [-0.1, -0.05) is 23.9 Å². The number of hydrogen-bond acceptors (Lipinski definition) is 4. The SMILES string of the molecule is O=C(O)CC1CCN(C(=O)C23CCC(=O)N2c2ccccc2S3)CC1. The number of benzene rings is 1. The first-order chi connectivity index (χ1) is 12.0. The Balaban J connectivity index is 1.54. The van der Waals surface area contributed by atoms with E-state index >= 15 is 0 Å². The van der Waals surface area contributed by atoms with Crippen LogP contribution >= 0.6 is 11.8 Å². The highest BCUT2D eigenvalue weighted by molar-refractivity contribution is 8.02. The number of para-hydroxylation sites is 1. The first-order valence-electron chi connectivity index (χ1n) is 8.63. The Bertz CT molecular complexity index is 744. The fraction of sp³-hybridized carbons (Fsp3) is 0.500. The fourth-order valence-corrected chi connectivity index (χ4v) is 5.60. The lowest BCUT2D eigenvalue weighted by Gasteiger charge is -2.38. The van der Waals surface area contributed by atoms with Crippen molar-refractivity contribution in [1.82, 2.24) is 4.90 Å². The van der Waals surface area contributed by atoms with Gasteiger partial charge in [-0.3, -0.25) is 19.3 Å². The number of fused-ring (bicyclic) bond motifs is 3. The molecule has 4 rings (SSSR count). The van der Waals surface area contributed by atoms with Crippen molar-refractivity contribution in [1.29, 1.82) is 0 Å². The third kappa shape index (κ3) is 2.61. The molecule has 3 aliphatic heterocycles. The van der Waals surface area contributed by atoms with E-state index in [1.807, 2.05) is 29.2 Å². The Morgan fingerprint density at radius 3 is 2.68 bits per heavy atom. The van der Waals surface area contributed by atoms with Crippen LogP contribution in [0.5, 0.6) is 0 Å². The number of amides is 2. The first kappa shape index (κ1) is 16.4. The fourth-order valence-electron chi connectivity index (χ4n) is 4.12. The van der Waals surface area contributed by atoms with E-state index in [2.05, 4.69) is 0 Å². The summed E-state index contributed by atoms with van der Waals surface area (Å²) in [4.78, 5) is 40.3. The summed E-state index contributed by atoms with van der Waals surface area (Å²) in [6.45, 7) is 1.13. The maximum atomic E-state index is 13.3. The molecule has 0 spiro atoms. The Hall–Kier alpha value is -2.02. The summed E-state index contributed by atoms with van der Waals surface area (Å²) in [7, 11) is 0. The van der Waals surface area contributed by atoms with Crippen molar-refractivity contribution in [2.45, 2.75) is 41.9 Å². The Morgan fingerprint density at radius 1 is 1.24 bits per heavy atom. The van der Waals surface area contributed by atoms with E-state index in [1.54, 1.807) is 4.90 Å². The predicted octanol–water partition coefficient (Wildman–Crippen LogP) is 2.33. The van der Waals surface area contributed by atoms with Crippen molar-refractivity contribution in [2.75, 3.05) is 18.0 Å². The largest absolute Gasteiger partial charge is 0.481 e. The van der Waals surface area contributed by atoms with Crippen LogP contribution in [0.1, 0.15) is 32.1 Å². The summed E-state index contributed by atoms with van der Waals surface area (Å²) in [6, 6.07) is 7.68. The number of carbonyl (C=O) groups is 3. The lowest BCUT2D eigenvalue weighted by Crippen LogP contribution is -2.55. The molecular weight excluding hydrogens is 340 g/mol. The van der Waals surface area contributed by atoms with Crippen LogP contribution in [-0.2, 0) is 14.4 Å². The van der Waals surface area contributed by atoms with Gasteiger partial charge < -0.3 is 10.0 Å². The van der Waals surface area contributed by atoms with Crippen LogP contribution in [0.15, 0.2) is 29.2 Å². The molecule has 25 heavy (non-hydrogen) atoms. The molecule has 6 nitrogen and oxygen atoms in total. The number of carbonyl (C=O) groups excluding carboxylic acids is 2. The summed E-state index contributed by atoms with van der Waals surface area (Å²) >= 11 is 1.49. The van der Waals surface area contributed by atoms with Crippen LogP contribution < -0.4 is 4.90 Å². The Morgan fingerprint density at radius 2 is 1.96 bits per heavy atom. The molecule has 0 aliphatic carbocycles. The van der Waals surface area contributed by atoms with Gasteiger partial charge in [0, 0.05) is 30.8 Å². The highest BCUT2D eigenvalue weighted by Crippen LogP contribution is 2.56. The second kappa shape index (κ2) is 6.05. The molecular formula is C18H20N2O4S. The third-order valence-electron chi connectivity index (χ3n) is 5.37. The van der Waals surface area contributed by atoms with Gasteiger partial charge in [0.15, 0.2) is 4.87 Å². The number of likely N-dealkylation sites (tertiary alicyclic amines) is 1. The second-order valence-electron chi connectivity index (χ2n) is 6.92. The molecule has 1 aromatic carbocycles. The third-order valence-corrected chi connectivity index (χ3v) is 6.84. The minimum atomic E-state index is -0.847. The van der Waals surface area contributed by atoms with E-state index < -0.39 is 10.8 Å². The predicted molar refractivity (Wildman–Crippen MR) is 93.3 cm³/mol. The number of nitrogens with zero attached hydrogens (tertiary/aromatic N) is 2. The zero-order valence-electron chi connectivity index (χ0n) is 13.8. The minimum absolute atomic E-state index is 0.00608. The average Bonchev–Trinajstić information content (AvgIpc) is 3.10. The normalized spacial score (nSPS) is 25.8. The van der Waals surface area contributed by atoms with Gasteiger partial charge in [-0.2, -0.15) is 0 Å². The van der Waals surface area contributed by atoms with Crippen LogP contribution in [0.3, 0.4) is 0 Å². The van der Waals surface area contributed by atoms with E-state index in [0.29, 0.717) is 38.8 Å². The van der Waals surface area contributed by atoms with Crippen LogP contribution in [-0.4, -0.2) is 45.8 Å². The van der Waals surface area contributed by atoms with Gasteiger partial charge in [0.25, 0.3) is 5.91 Å². The van der Waals surface area contributed by atoms with Gasteiger partial charge in [-0.15, -0.1) is 0 Å². The van der Waals surface area contributed by atoms with Gasteiger partial charge >= 0.3 is 5.97 Å². The molecule has 1 N–H and O–H groups in total. The molecule has 0 aromatic heterocycles. The Labute approximate surface area is 150 Å². The second-order valence-corrected chi connectivity index (χ2v) is 8.24. The topological polar surface area (TPSA) is 77.9 Å². The molecule has 7 heteroatoms. The number of rotatable bonds is 3. The first-order valence-corrected chi connectivity index (χ1v) is 9.45.